The second-order valence-corrected chi connectivity index (χ2v) is 14.3. The lowest BCUT2D eigenvalue weighted by Crippen LogP contribution is -2.42. The Bertz CT molecular complexity index is 2050. The largest absolute Gasteiger partial charge is 0.480 e. The average molecular weight is 712 g/mol. The molecule has 0 radical (unpaired) electrons. The standard InChI is InChI=1S/C40H42ClN3O5S/c1-3-5-24-44(25-6-4-2)37-16-10-15-33-32(37)14-11-17-38(33)50(48,49)43-35-23-22-31(41)27-34(35)39(45)42-36(40(46)47)26-28-18-20-30(21-19-28)29-12-8-7-9-13-29/h7-23,27,36,43H,3-6,24-26H2,1-2H3,(H,42,45)(H,46,47). The molecule has 0 saturated heterocycles. The van der Waals surface area contributed by atoms with Crippen LogP contribution >= 0.6 is 11.6 Å². The molecule has 260 valence electrons. The van der Waals surface area contributed by atoms with Crippen LogP contribution in [0, 0.1) is 0 Å². The van der Waals surface area contributed by atoms with Crippen LogP contribution in [0.25, 0.3) is 21.9 Å². The topological polar surface area (TPSA) is 116 Å². The highest BCUT2D eigenvalue weighted by Gasteiger charge is 2.26. The quantitative estimate of drug-likeness (QED) is 0.0943. The van der Waals surface area contributed by atoms with Crippen molar-refractivity contribution in [3.63, 3.8) is 0 Å². The van der Waals surface area contributed by atoms with Gasteiger partial charge in [0.1, 0.15) is 6.04 Å². The van der Waals surface area contributed by atoms with Gasteiger partial charge in [-0.15, -0.1) is 0 Å². The first-order valence-corrected chi connectivity index (χ1v) is 18.7. The van der Waals surface area contributed by atoms with Crippen molar-refractivity contribution < 1.29 is 23.1 Å². The molecule has 0 spiro atoms. The summed E-state index contributed by atoms with van der Waals surface area (Å²) in [6.45, 7) is 6.03. The molecule has 5 rings (SSSR count). The van der Waals surface area contributed by atoms with E-state index in [1.807, 2.05) is 72.8 Å². The van der Waals surface area contributed by atoms with Crippen molar-refractivity contribution in [1.29, 1.82) is 0 Å². The number of rotatable bonds is 16. The summed E-state index contributed by atoms with van der Waals surface area (Å²) in [6.07, 6.45) is 4.14. The lowest BCUT2D eigenvalue weighted by Gasteiger charge is -2.26. The van der Waals surface area contributed by atoms with E-state index in [-0.39, 0.29) is 27.6 Å². The Kier molecular flexibility index (Phi) is 12.2. The summed E-state index contributed by atoms with van der Waals surface area (Å²) >= 11 is 6.26. The van der Waals surface area contributed by atoms with Crippen LogP contribution in [0.2, 0.25) is 5.02 Å². The lowest BCUT2D eigenvalue weighted by molar-refractivity contribution is -0.139. The summed E-state index contributed by atoms with van der Waals surface area (Å²) in [5.74, 6) is -2.01. The molecule has 0 heterocycles. The molecule has 0 aliphatic carbocycles. The molecule has 5 aromatic carbocycles. The molecule has 8 nitrogen and oxygen atoms in total. The summed E-state index contributed by atoms with van der Waals surface area (Å²) in [4.78, 5) is 28.3. The Hall–Kier alpha value is -4.86. The molecule has 0 fully saturated rings. The third-order valence-corrected chi connectivity index (χ3v) is 10.3. The fraction of sp³-hybridized carbons (Fsp3) is 0.250. The van der Waals surface area contributed by atoms with Gasteiger partial charge in [-0.3, -0.25) is 9.52 Å². The number of carbonyl (C=O) groups excluding carboxylic acids is 1. The molecule has 1 atom stereocenters. The number of sulfonamides is 1. The minimum atomic E-state index is -4.21. The van der Waals surface area contributed by atoms with E-state index in [0.29, 0.717) is 10.9 Å². The van der Waals surface area contributed by atoms with Crippen molar-refractivity contribution in [2.24, 2.45) is 0 Å². The van der Waals surface area contributed by atoms with Crippen molar-refractivity contribution in [1.82, 2.24) is 5.32 Å². The average Bonchev–Trinajstić information content (AvgIpc) is 3.12. The number of anilines is 2. The first-order valence-electron chi connectivity index (χ1n) is 16.9. The van der Waals surface area contributed by atoms with Crippen LogP contribution in [0.4, 0.5) is 11.4 Å². The van der Waals surface area contributed by atoms with Crippen molar-refractivity contribution in [2.75, 3.05) is 22.7 Å². The second kappa shape index (κ2) is 16.7. The number of carbonyl (C=O) groups is 2. The summed E-state index contributed by atoms with van der Waals surface area (Å²) in [7, 11) is -4.21. The first-order chi connectivity index (χ1) is 24.1. The van der Waals surface area contributed by atoms with Gasteiger partial charge in [0.2, 0.25) is 0 Å². The Labute approximate surface area is 299 Å². The van der Waals surface area contributed by atoms with Gasteiger partial charge in [-0.2, -0.15) is 0 Å². The van der Waals surface area contributed by atoms with E-state index in [1.165, 1.54) is 24.3 Å². The van der Waals surface area contributed by atoms with Crippen molar-refractivity contribution in [3.8, 4) is 11.1 Å². The van der Waals surface area contributed by atoms with Gasteiger partial charge in [-0.25, -0.2) is 13.2 Å². The number of hydrogen-bond donors (Lipinski definition) is 3. The van der Waals surface area contributed by atoms with Gasteiger partial charge in [-0.05, 0) is 59.9 Å². The Balaban J connectivity index is 1.40. The van der Waals surface area contributed by atoms with Crippen LogP contribution in [0.1, 0.15) is 55.5 Å². The molecule has 1 unspecified atom stereocenters. The maximum atomic E-state index is 14.0. The third-order valence-electron chi connectivity index (χ3n) is 8.63. The molecule has 10 heteroatoms. The minimum absolute atomic E-state index is 0.0175. The zero-order chi connectivity index (χ0) is 35.7. The van der Waals surface area contributed by atoms with Gasteiger partial charge >= 0.3 is 5.97 Å². The molecule has 5 aromatic rings. The zero-order valence-electron chi connectivity index (χ0n) is 28.2. The van der Waals surface area contributed by atoms with Gasteiger partial charge in [0.25, 0.3) is 15.9 Å². The van der Waals surface area contributed by atoms with E-state index in [1.54, 1.807) is 12.1 Å². The molecule has 3 N–H and O–H groups in total. The van der Waals surface area contributed by atoms with E-state index in [2.05, 4.69) is 28.8 Å². The number of carboxylic acid groups (broad SMARTS) is 1. The van der Waals surface area contributed by atoms with Gasteiger partial charge in [0, 0.05) is 41.0 Å². The Morgan fingerprint density at radius 3 is 2.08 bits per heavy atom. The number of hydrogen-bond acceptors (Lipinski definition) is 5. The minimum Gasteiger partial charge on any atom is -0.480 e. The first kappa shape index (κ1) is 36.4. The maximum Gasteiger partial charge on any atom is 0.326 e. The van der Waals surface area contributed by atoms with Crippen LogP contribution in [0.5, 0.6) is 0 Å². The number of nitrogens with zero attached hydrogens (tertiary/aromatic N) is 1. The number of amides is 1. The van der Waals surface area contributed by atoms with Crippen LogP contribution in [-0.2, 0) is 21.2 Å². The predicted octanol–water partition coefficient (Wildman–Crippen LogP) is 8.79. The fourth-order valence-electron chi connectivity index (χ4n) is 5.95. The molecule has 0 saturated carbocycles. The summed E-state index contributed by atoms with van der Waals surface area (Å²) in [5.41, 5.74) is 3.57. The van der Waals surface area contributed by atoms with Crippen LogP contribution in [0.15, 0.2) is 114 Å². The van der Waals surface area contributed by atoms with Gasteiger partial charge in [0.05, 0.1) is 16.1 Å². The summed E-state index contributed by atoms with van der Waals surface area (Å²) in [5, 5.41) is 14.2. The number of halogens is 1. The Morgan fingerprint density at radius 1 is 0.780 bits per heavy atom. The number of aliphatic carboxylic acids is 1. The molecule has 0 aromatic heterocycles. The summed E-state index contributed by atoms with van der Waals surface area (Å²) < 4.78 is 30.6. The normalized spacial score (nSPS) is 12.0. The van der Waals surface area contributed by atoms with E-state index < -0.39 is 27.9 Å². The Morgan fingerprint density at radius 2 is 1.42 bits per heavy atom. The van der Waals surface area contributed by atoms with Gasteiger partial charge in [-0.1, -0.05) is 117 Å². The number of nitrogens with one attached hydrogen (secondary N) is 2. The van der Waals surface area contributed by atoms with Gasteiger partial charge < -0.3 is 15.3 Å². The smallest absolute Gasteiger partial charge is 0.326 e. The van der Waals surface area contributed by atoms with E-state index in [4.69, 9.17) is 11.6 Å². The molecule has 0 aliphatic heterocycles. The highest BCUT2D eigenvalue weighted by atomic mass is 35.5. The molecule has 1 amide bonds. The fourth-order valence-corrected chi connectivity index (χ4v) is 7.43. The monoisotopic (exact) mass is 711 g/mol. The molecule has 0 aliphatic rings. The van der Waals surface area contributed by atoms with Crippen LogP contribution in [-0.4, -0.2) is 44.5 Å². The molecular formula is C40H42ClN3O5S. The molecular weight excluding hydrogens is 670 g/mol. The third kappa shape index (κ3) is 8.83. The van der Waals surface area contributed by atoms with E-state index in [9.17, 15) is 23.1 Å². The van der Waals surface area contributed by atoms with Crippen molar-refractivity contribution in [2.45, 2.75) is 56.9 Å². The lowest BCUT2D eigenvalue weighted by atomic mass is 10.0. The van der Waals surface area contributed by atoms with Crippen molar-refractivity contribution >= 4 is 55.6 Å². The predicted molar refractivity (Wildman–Crippen MR) is 203 cm³/mol. The number of benzene rings is 5. The van der Waals surface area contributed by atoms with Crippen molar-refractivity contribution in [3.05, 3.63) is 125 Å². The highest BCUT2D eigenvalue weighted by Crippen LogP contribution is 2.33. The highest BCUT2D eigenvalue weighted by molar-refractivity contribution is 7.93. The second-order valence-electron chi connectivity index (χ2n) is 12.2. The van der Waals surface area contributed by atoms with Crippen LogP contribution in [0.3, 0.4) is 0 Å². The maximum absolute atomic E-state index is 14.0. The van der Waals surface area contributed by atoms with E-state index >= 15 is 0 Å². The molecule has 0 bridgehead atoms. The van der Waals surface area contributed by atoms with Gasteiger partial charge in [0.15, 0.2) is 0 Å². The number of fused-ring (bicyclic) bond motifs is 1. The summed E-state index contributed by atoms with van der Waals surface area (Å²) in [6, 6.07) is 31.0. The van der Waals surface area contributed by atoms with Crippen LogP contribution < -0.4 is 14.9 Å². The number of carboxylic acids is 1. The molecule has 50 heavy (non-hydrogen) atoms. The SMILES string of the molecule is CCCCN(CCCC)c1cccc2c(S(=O)(=O)Nc3ccc(Cl)cc3C(=O)NC(Cc3ccc(-c4ccccc4)cc3)C(=O)O)cccc12. The van der Waals surface area contributed by atoms with E-state index in [0.717, 1.165) is 61.0 Å². The zero-order valence-corrected chi connectivity index (χ0v) is 29.8. The number of unbranched alkanes of at least 4 members (excludes halogenated alkanes) is 2.